The lowest BCUT2D eigenvalue weighted by atomic mass is 10.3. The Morgan fingerprint density at radius 3 is 2.70 bits per heavy atom. The maximum Gasteiger partial charge on any atom is 0.216 e. The number of fused-ring (bicyclic) bond motifs is 1. The zero-order valence-electron chi connectivity index (χ0n) is 16.0. The summed E-state index contributed by atoms with van der Waals surface area (Å²) in [5, 5.41) is 6.58. The van der Waals surface area contributed by atoms with Crippen LogP contribution in [0.5, 0.6) is 0 Å². The summed E-state index contributed by atoms with van der Waals surface area (Å²) in [4.78, 5) is 16.8. The standard InChI is InChI=1S/C19H26N6O.HI/c1-4-20-19(22-12-18-23-13(2)14(3)26-18)21-11-7-10-17-24-15-8-5-6-9-16(15)25-17;/h5-6,8-9H,4,7,10-12H2,1-3H3,(H,24,25)(H2,20,21,22);1H. The predicted octanol–water partition coefficient (Wildman–Crippen LogP) is 3.47. The van der Waals surface area contributed by atoms with Crippen LogP contribution < -0.4 is 10.6 Å². The van der Waals surface area contributed by atoms with Gasteiger partial charge in [-0.2, -0.15) is 0 Å². The lowest BCUT2D eigenvalue weighted by Gasteiger charge is -2.10. The molecule has 2 heterocycles. The second-order valence-electron chi connectivity index (χ2n) is 6.18. The highest BCUT2D eigenvalue weighted by molar-refractivity contribution is 14.0. The summed E-state index contributed by atoms with van der Waals surface area (Å²) in [7, 11) is 0. The number of imidazole rings is 1. The summed E-state index contributed by atoms with van der Waals surface area (Å²) >= 11 is 0. The molecule has 3 aromatic rings. The summed E-state index contributed by atoms with van der Waals surface area (Å²) in [6, 6.07) is 8.09. The van der Waals surface area contributed by atoms with Crippen molar-refractivity contribution in [2.24, 2.45) is 4.99 Å². The third-order valence-corrected chi connectivity index (χ3v) is 4.11. The van der Waals surface area contributed by atoms with Crippen LogP contribution in [-0.4, -0.2) is 34.0 Å². The molecule has 27 heavy (non-hydrogen) atoms. The molecule has 0 radical (unpaired) electrons. The number of para-hydroxylation sites is 2. The van der Waals surface area contributed by atoms with Crippen molar-refractivity contribution in [1.29, 1.82) is 0 Å². The number of guanidine groups is 1. The van der Waals surface area contributed by atoms with Crippen LogP contribution in [0, 0.1) is 13.8 Å². The molecule has 0 saturated heterocycles. The molecular weight excluding hydrogens is 455 g/mol. The number of aromatic amines is 1. The highest BCUT2D eigenvalue weighted by Gasteiger charge is 2.06. The predicted molar refractivity (Wildman–Crippen MR) is 119 cm³/mol. The Morgan fingerprint density at radius 1 is 1.19 bits per heavy atom. The molecule has 0 fully saturated rings. The van der Waals surface area contributed by atoms with E-state index in [9.17, 15) is 0 Å². The first-order chi connectivity index (χ1) is 12.7. The van der Waals surface area contributed by atoms with Gasteiger partial charge in [-0.25, -0.2) is 15.0 Å². The monoisotopic (exact) mass is 482 g/mol. The quantitative estimate of drug-likeness (QED) is 0.208. The van der Waals surface area contributed by atoms with Crippen molar-refractivity contribution in [3.63, 3.8) is 0 Å². The Balaban J connectivity index is 0.00000261. The molecule has 0 aliphatic rings. The van der Waals surface area contributed by atoms with Crippen LogP contribution in [0.1, 0.15) is 36.5 Å². The molecular formula is C19H27IN6O. The fourth-order valence-electron chi connectivity index (χ4n) is 2.68. The van der Waals surface area contributed by atoms with Gasteiger partial charge in [0.1, 0.15) is 18.1 Å². The Bertz CT molecular complexity index is 833. The van der Waals surface area contributed by atoms with Crippen molar-refractivity contribution in [2.45, 2.75) is 40.2 Å². The van der Waals surface area contributed by atoms with Gasteiger partial charge in [-0.15, -0.1) is 24.0 Å². The molecule has 2 aromatic heterocycles. The molecule has 0 aliphatic carbocycles. The molecule has 0 bridgehead atoms. The number of hydrogen-bond acceptors (Lipinski definition) is 4. The third kappa shape index (κ3) is 5.95. The molecule has 0 unspecified atom stereocenters. The Labute approximate surface area is 176 Å². The van der Waals surface area contributed by atoms with Crippen molar-refractivity contribution in [2.75, 3.05) is 13.1 Å². The summed E-state index contributed by atoms with van der Waals surface area (Å²) in [5.41, 5.74) is 3.02. The molecule has 3 N–H and O–H groups in total. The van der Waals surface area contributed by atoms with E-state index in [4.69, 9.17) is 4.42 Å². The first kappa shape index (κ1) is 21.2. The van der Waals surface area contributed by atoms with E-state index in [-0.39, 0.29) is 24.0 Å². The van der Waals surface area contributed by atoms with Crippen molar-refractivity contribution in [3.8, 4) is 0 Å². The molecule has 146 valence electrons. The van der Waals surface area contributed by atoms with Gasteiger partial charge in [0.2, 0.25) is 5.89 Å². The first-order valence-electron chi connectivity index (χ1n) is 9.04. The van der Waals surface area contributed by atoms with E-state index in [0.717, 1.165) is 60.2 Å². The maximum atomic E-state index is 5.57. The van der Waals surface area contributed by atoms with E-state index in [0.29, 0.717) is 12.4 Å². The minimum absolute atomic E-state index is 0. The minimum Gasteiger partial charge on any atom is -0.444 e. The van der Waals surface area contributed by atoms with E-state index in [1.165, 1.54) is 0 Å². The van der Waals surface area contributed by atoms with Gasteiger partial charge in [0.25, 0.3) is 0 Å². The summed E-state index contributed by atoms with van der Waals surface area (Å²) in [6.07, 6.45) is 1.85. The molecule has 0 aliphatic heterocycles. The fourth-order valence-corrected chi connectivity index (χ4v) is 2.68. The van der Waals surface area contributed by atoms with E-state index < -0.39 is 0 Å². The van der Waals surface area contributed by atoms with Gasteiger partial charge in [-0.1, -0.05) is 12.1 Å². The lowest BCUT2D eigenvalue weighted by molar-refractivity contribution is 0.472. The zero-order valence-corrected chi connectivity index (χ0v) is 18.3. The second kappa shape index (κ2) is 10.3. The Hall–Kier alpha value is -2.10. The summed E-state index contributed by atoms with van der Waals surface area (Å²) in [5.74, 6) is 3.27. The summed E-state index contributed by atoms with van der Waals surface area (Å²) < 4.78 is 5.57. The zero-order chi connectivity index (χ0) is 18.4. The number of hydrogen-bond donors (Lipinski definition) is 3. The van der Waals surface area contributed by atoms with Crippen molar-refractivity contribution in [3.05, 3.63) is 47.4 Å². The van der Waals surface area contributed by atoms with Gasteiger partial charge in [0.15, 0.2) is 5.96 Å². The van der Waals surface area contributed by atoms with Crippen LogP contribution in [0.25, 0.3) is 11.0 Å². The number of aromatic nitrogens is 3. The van der Waals surface area contributed by atoms with Gasteiger partial charge in [0.05, 0.1) is 16.7 Å². The number of oxazole rings is 1. The van der Waals surface area contributed by atoms with Crippen LogP contribution in [0.4, 0.5) is 0 Å². The third-order valence-electron chi connectivity index (χ3n) is 4.11. The second-order valence-corrected chi connectivity index (χ2v) is 6.18. The van der Waals surface area contributed by atoms with Gasteiger partial charge in [-0.05, 0) is 39.3 Å². The van der Waals surface area contributed by atoms with Gasteiger partial charge < -0.3 is 20.0 Å². The Kier molecular flexibility index (Phi) is 8.08. The highest BCUT2D eigenvalue weighted by Crippen LogP contribution is 2.11. The van der Waals surface area contributed by atoms with E-state index in [1.54, 1.807) is 0 Å². The maximum absolute atomic E-state index is 5.57. The lowest BCUT2D eigenvalue weighted by Crippen LogP contribution is -2.37. The van der Waals surface area contributed by atoms with Gasteiger partial charge in [-0.3, -0.25) is 0 Å². The van der Waals surface area contributed by atoms with E-state index in [1.807, 2.05) is 45.0 Å². The van der Waals surface area contributed by atoms with Crippen LogP contribution in [0.3, 0.4) is 0 Å². The molecule has 0 atom stereocenters. The molecule has 1 aromatic carbocycles. The molecule has 7 nitrogen and oxygen atoms in total. The van der Waals surface area contributed by atoms with Crippen molar-refractivity contribution < 1.29 is 4.42 Å². The van der Waals surface area contributed by atoms with Crippen molar-refractivity contribution >= 4 is 41.0 Å². The Morgan fingerprint density at radius 2 is 2.00 bits per heavy atom. The number of rotatable bonds is 7. The molecule has 0 saturated carbocycles. The van der Waals surface area contributed by atoms with E-state index in [2.05, 4.69) is 30.6 Å². The average molecular weight is 482 g/mol. The van der Waals surface area contributed by atoms with Crippen molar-refractivity contribution in [1.82, 2.24) is 25.6 Å². The highest BCUT2D eigenvalue weighted by atomic mass is 127. The fraction of sp³-hybridized carbons (Fsp3) is 0.421. The number of nitrogens with one attached hydrogen (secondary N) is 3. The van der Waals surface area contributed by atoms with Crippen LogP contribution in [0.15, 0.2) is 33.7 Å². The molecule has 0 amide bonds. The summed E-state index contributed by atoms with van der Waals surface area (Å²) in [6.45, 7) is 7.94. The molecule has 3 rings (SSSR count). The van der Waals surface area contributed by atoms with Gasteiger partial charge in [0, 0.05) is 19.5 Å². The molecule has 8 heteroatoms. The topological polar surface area (TPSA) is 91.1 Å². The largest absolute Gasteiger partial charge is 0.444 e. The smallest absolute Gasteiger partial charge is 0.216 e. The van der Waals surface area contributed by atoms with Crippen LogP contribution in [-0.2, 0) is 13.0 Å². The average Bonchev–Trinajstić information content (AvgIpc) is 3.19. The van der Waals surface area contributed by atoms with E-state index >= 15 is 0 Å². The molecule has 0 spiro atoms. The number of aryl methyl sites for hydroxylation is 3. The van der Waals surface area contributed by atoms with Crippen LogP contribution >= 0.6 is 24.0 Å². The number of aliphatic imine (C=N–C) groups is 1. The number of halogens is 1. The number of benzene rings is 1. The van der Waals surface area contributed by atoms with Crippen LogP contribution in [0.2, 0.25) is 0 Å². The van der Waals surface area contributed by atoms with Gasteiger partial charge >= 0.3 is 0 Å². The number of nitrogens with zero attached hydrogens (tertiary/aromatic N) is 3. The first-order valence-corrected chi connectivity index (χ1v) is 9.04. The minimum atomic E-state index is 0. The number of H-pyrrole nitrogens is 1. The normalized spacial score (nSPS) is 11.4. The SMILES string of the molecule is CCNC(=NCc1nc(C)c(C)o1)NCCCc1nc2ccccc2[nH]1.I.